The normalized spacial score (nSPS) is 14.4. The van der Waals surface area contributed by atoms with Crippen LogP contribution in [0.3, 0.4) is 0 Å². The van der Waals surface area contributed by atoms with Gasteiger partial charge in [0.05, 0.1) is 4.92 Å². The van der Waals surface area contributed by atoms with Crippen molar-refractivity contribution in [3.8, 4) is 0 Å². The number of nitro groups is 1. The maximum Gasteiger partial charge on any atom is 0.425 e. The SMILES string of the molecule is O=[N+]([O-])c1ccc(C(O)(c2ccccc2Br)C(F)(F)F)cc1. The number of alkyl halides is 3. The van der Waals surface area contributed by atoms with Crippen molar-refractivity contribution in [2.45, 2.75) is 11.8 Å². The molecule has 1 N–H and O–H groups in total. The van der Waals surface area contributed by atoms with E-state index in [1.54, 1.807) is 0 Å². The van der Waals surface area contributed by atoms with E-state index in [9.17, 15) is 28.4 Å². The quantitative estimate of drug-likeness (QED) is 0.647. The molecule has 22 heavy (non-hydrogen) atoms. The van der Waals surface area contributed by atoms with E-state index in [2.05, 4.69) is 15.9 Å². The molecule has 1 unspecified atom stereocenters. The van der Waals surface area contributed by atoms with Crippen molar-refractivity contribution in [1.29, 1.82) is 0 Å². The lowest BCUT2D eigenvalue weighted by molar-refractivity contribution is -0.384. The number of nitrogens with zero attached hydrogens (tertiary/aromatic N) is 1. The summed E-state index contributed by atoms with van der Waals surface area (Å²) in [5, 5.41) is 21.0. The third-order valence-electron chi connectivity index (χ3n) is 3.17. The van der Waals surface area contributed by atoms with Crippen LogP contribution in [0.5, 0.6) is 0 Å². The molecule has 116 valence electrons. The van der Waals surface area contributed by atoms with Gasteiger partial charge in [-0.2, -0.15) is 13.2 Å². The summed E-state index contributed by atoms with van der Waals surface area (Å²) in [5.74, 6) is 0. The van der Waals surface area contributed by atoms with E-state index in [1.807, 2.05) is 0 Å². The molecule has 4 nitrogen and oxygen atoms in total. The van der Waals surface area contributed by atoms with Gasteiger partial charge in [0, 0.05) is 22.2 Å². The second kappa shape index (κ2) is 5.69. The maximum atomic E-state index is 13.5. The van der Waals surface area contributed by atoms with Gasteiger partial charge in [-0.15, -0.1) is 0 Å². The van der Waals surface area contributed by atoms with Gasteiger partial charge in [0.1, 0.15) is 0 Å². The Morgan fingerprint density at radius 1 is 1.05 bits per heavy atom. The molecule has 0 heterocycles. The van der Waals surface area contributed by atoms with E-state index < -0.39 is 27.8 Å². The minimum absolute atomic E-state index is 0.0770. The maximum absolute atomic E-state index is 13.5. The molecule has 0 bridgehead atoms. The Morgan fingerprint density at radius 3 is 2.05 bits per heavy atom. The van der Waals surface area contributed by atoms with Gasteiger partial charge < -0.3 is 5.11 Å². The van der Waals surface area contributed by atoms with Crippen LogP contribution in [0.1, 0.15) is 11.1 Å². The van der Waals surface area contributed by atoms with Crippen LogP contribution < -0.4 is 0 Å². The first-order valence-corrected chi connectivity index (χ1v) is 6.76. The summed E-state index contributed by atoms with van der Waals surface area (Å²) in [6, 6.07) is 9.01. The predicted octanol–water partition coefficient (Wildman–Crippen LogP) is 4.16. The molecule has 0 spiro atoms. The molecular weight excluding hydrogens is 367 g/mol. The van der Waals surface area contributed by atoms with Gasteiger partial charge in [-0.1, -0.05) is 34.1 Å². The highest BCUT2D eigenvalue weighted by Crippen LogP contribution is 2.46. The van der Waals surface area contributed by atoms with Crippen LogP contribution >= 0.6 is 15.9 Å². The molecule has 0 aliphatic rings. The first-order valence-electron chi connectivity index (χ1n) is 5.97. The van der Waals surface area contributed by atoms with Gasteiger partial charge in [0.2, 0.25) is 5.60 Å². The molecule has 0 aromatic heterocycles. The molecule has 2 rings (SSSR count). The second-order valence-corrected chi connectivity index (χ2v) is 5.35. The summed E-state index contributed by atoms with van der Waals surface area (Å²) in [7, 11) is 0. The van der Waals surface area contributed by atoms with E-state index in [0.717, 1.165) is 30.3 Å². The fourth-order valence-electron chi connectivity index (χ4n) is 2.05. The molecule has 8 heteroatoms. The predicted molar refractivity (Wildman–Crippen MR) is 76.3 cm³/mol. The van der Waals surface area contributed by atoms with Crippen LogP contribution in [0.4, 0.5) is 18.9 Å². The highest BCUT2D eigenvalue weighted by atomic mass is 79.9. The summed E-state index contributed by atoms with van der Waals surface area (Å²) in [4.78, 5) is 9.87. The van der Waals surface area contributed by atoms with E-state index in [0.29, 0.717) is 0 Å². The van der Waals surface area contributed by atoms with Gasteiger partial charge in [-0.25, -0.2) is 0 Å². The summed E-state index contributed by atoms with van der Waals surface area (Å²) >= 11 is 2.99. The van der Waals surface area contributed by atoms with E-state index >= 15 is 0 Å². The third-order valence-corrected chi connectivity index (χ3v) is 3.86. The summed E-state index contributed by atoms with van der Waals surface area (Å²) in [6.07, 6.45) is -5.01. The third kappa shape index (κ3) is 2.71. The molecule has 0 radical (unpaired) electrons. The Kier molecular flexibility index (Phi) is 4.25. The van der Waals surface area contributed by atoms with Gasteiger partial charge in [0.15, 0.2) is 0 Å². The molecule has 2 aromatic rings. The Hall–Kier alpha value is -1.93. The lowest BCUT2D eigenvalue weighted by Gasteiger charge is -2.32. The Labute approximate surface area is 131 Å². The highest BCUT2D eigenvalue weighted by molar-refractivity contribution is 9.10. The number of hydrogen-bond donors (Lipinski definition) is 1. The van der Waals surface area contributed by atoms with Crippen LogP contribution in [-0.4, -0.2) is 16.2 Å². The van der Waals surface area contributed by atoms with Crippen LogP contribution in [0.25, 0.3) is 0 Å². The smallest absolute Gasteiger partial charge is 0.372 e. The summed E-state index contributed by atoms with van der Waals surface area (Å²) < 4.78 is 40.6. The highest BCUT2D eigenvalue weighted by Gasteiger charge is 2.57. The Balaban J connectivity index is 2.66. The van der Waals surface area contributed by atoms with E-state index in [-0.39, 0.29) is 10.2 Å². The number of halogens is 4. The number of aliphatic hydroxyl groups is 1. The van der Waals surface area contributed by atoms with Crippen LogP contribution in [0, 0.1) is 10.1 Å². The molecular formula is C14H9BrF3NO3. The second-order valence-electron chi connectivity index (χ2n) is 4.49. The minimum atomic E-state index is -5.01. The fraction of sp³-hybridized carbons (Fsp3) is 0.143. The summed E-state index contributed by atoms with van der Waals surface area (Å²) in [6.45, 7) is 0. The molecule has 0 saturated heterocycles. The Bertz CT molecular complexity index is 703. The van der Waals surface area contributed by atoms with Crippen molar-refractivity contribution < 1.29 is 23.2 Å². The monoisotopic (exact) mass is 375 g/mol. The standard InChI is InChI=1S/C14H9BrF3NO3/c15-12-4-2-1-3-11(12)13(20,14(16,17)18)9-5-7-10(8-6-9)19(21)22/h1-8,20H. The molecule has 1 atom stereocenters. The molecule has 2 aromatic carbocycles. The van der Waals surface area contributed by atoms with Gasteiger partial charge in [0.25, 0.3) is 5.69 Å². The topological polar surface area (TPSA) is 63.4 Å². The Morgan fingerprint density at radius 2 is 1.59 bits per heavy atom. The van der Waals surface area contributed by atoms with Crippen LogP contribution in [0.15, 0.2) is 53.0 Å². The number of hydrogen-bond acceptors (Lipinski definition) is 3. The molecule has 0 amide bonds. The van der Waals surface area contributed by atoms with E-state index in [1.165, 1.54) is 18.2 Å². The van der Waals surface area contributed by atoms with Crippen molar-refractivity contribution in [2.75, 3.05) is 0 Å². The van der Waals surface area contributed by atoms with Crippen molar-refractivity contribution in [2.24, 2.45) is 0 Å². The zero-order valence-electron chi connectivity index (χ0n) is 10.8. The first-order chi connectivity index (χ1) is 10.2. The molecule has 0 aliphatic carbocycles. The first kappa shape index (κ1) is 16.4. The lowest BCUT2D eigenvalue weighted by Crippen LogP contribution is -2.43. The van der Waals surface area contributed by atoms with Crippen LogP contribution in [0.2, 0.25) is 0 Å². The van der Waals surface area contributed by atoms with Crippen molar-refractivity contribution in [1.82, 2.24) is 0 Å². The van der Waals surface area contributed by atoms with Crippen molar-refractivity contribution >= 4 is 21.6 Å². The molecule has 0 saturated carbocycles. The van der Waals surface area contributed by atoms with Gasteiger partial charge >= 0.3 is 6.18 Å². The number of non-ortho nitro benzene ring substituents is 1. The number of nitro benzene ring substituents is 1. The van der Waals surface area contributed by atoms with E-state index in [4.69, 9.17) is 0 Å². The minimum Gasteiger partial charge on any atom is -0.372 e. The lowest BCUT2D eigenvalue weighted by atomic mass is 9.85. The zero-order chi connectivity index (χ0) is 16.5. The van der Waals surface area contributed by atoms with Crippen molar-refractivity contribution in [3.63, 3.8) is 0 Å². The molecule has 0 aliphatic heterocycles. The van der Waals surface area contributed by atoms with Gasteiger partial charge in [-0.3, -0.25) is 10.1 Å². The van der Waals surface area contributed by atoms with Gasteiger partial charge in [-0.05, 0) is 23.8 Å². The van der Waals surface area contributed by atoms with Crippen molar-refractivity contribution in [3.05, 3.63) is 74.2 Å². The average molecular weight is 376 g/mol. The number of rotatable bonds is 3. The molecule has 0 fully saturated rings. The largest absolute Gasteiger partial charge is 0.425 e. The zero-order valence-corrected chi connectivity index (χ0v) is 12.4. The summed E-state index contributed by atoms with van der Waals surface area (Å²) in [5.41, 5.74) is -4.53. The fourth-order valence-corrected chi connectivity index (χ4v) is 2.62. The average Bonchev–Trinajstić information content (AvgIpc) is 2.46. The number of benzene rings is 2. The van der Waals surface area contributed by atoms with Crippen LogP contribution in [-0.2, 0) is 5.60 Å².